The van der Waals surface area contributed by atoms with E-state index in [1.54, 1.807) is 12.1 Å². The van der Waals surface area contributed by atoms with Crippen LogP contribution < -0.4 is 4.74 Å². The number of hydrogen-bond acceptors (Lipinski definition) is 5. The molecule has 7 heteroatoms. The molecule has 6 rings (SSSR count). The SMILES string of the molecule is CN(CCCC(O)c1ccc(C(C)(C)C)cc1)C1CC[C@]12c1ccccc1COc1ccccc12.Cc1ccc(S(=O)(=O)O)cc1. The minimum Gasteiger partial charge on any atom is -0.489 e. The lowest BCUT2D eigenvalue weighted by atomic mass is 9.55. The Hall–Kier alpha value is -3.49. The molecule has 46 heavy (non-hydrogen) atoms. The van der Waals surface area contributed by atoms with Gasteiger partial charge in [0, 0.05) is 17.0 Å². The van der Waals surface area contributed by atoms with Crippen molar-refractivity contribution in [1.82, 2.24) is 4.90 Å². The van der Waals surface area contributed by atoms with Gasteiger partial charge in [-0.25, -0.2) is 0 Å². The lowest BCUT2D eigenvalue weighted by Gasteiger charge is -2.54. The lowest BCUT2D eigenvalue weighted by molar-refractivity contribution is 0.0701. The number of aliphatic hydroxyl groups excluding tert-OH is 1. The van der Waals surface area contributed by atoms with E-state index in [-0.39, 0.29) is 15.7 Å². The average Bonchev–Trinajstić information content (AvgIpc) is 3.16. The number of ether oxygens (including phenoxy) is 1. The number of hydrogen-bond donors (Lipinski definition) is 2. The van der Waals surface area contributed by atoms with E-state index in [1.807, 2.05) is 6.92 Å². The molecule has 4 aromatic rings. The van der Waals surface area contributed by atoms with Gasteiger partial charge in [-0.3, -0.25) is 4.55 Å². The molecule has 0 radical (unpaired) electrons. The minimum atomic E-state index is -4.02. The first-order valence-electron chi connectivity index (χ1n) is 16.1. The maximum atomic E-state index is 10.8. The Morgan fingerprint density at radius 1 is 0.913 bits per heavy atom. The second kappa shape index (κ2) is 13.7. The van der Waals surface area contributed by atoms with Gasteiger partial charge in [0.2, 0.25) is 0 Å². The standard InChI is InChI=1S/C32H39NO2.C7H8O3S/c1-31(2,3)25-17-15-23(16-18-25)28(34)13-9-21-33(4)30-19-20-32(30)26-11-6-5-10-24(26)22-35-29-14-8-7-12-27(29)32;1-6-2-4-7(5-3-6)11(8,9)10/h5-8,10-12,14-18,28,30,34H,9,13,19-22H2,1-4H3;2-5H,1H3,(H,8,9,10)/t28?,30?,32-;/m1./s1. The van der Waals surface area contributed by atoms with Gasteiger partial charge in [0.15, 0.2) is 0 Å². The zero-order chi connectivity index (χ0) is 33.1. The minimum absolute atomic E-state index is 0.0279. The van der Waals surface area contributed by atoms with Crippen molar-refractivity contribution in [3.8, 4) is 5.75 Å². The molecule has 3 atom stereocenters. The Morgan fingerprint density at radius 2 is 1.54 bits per heavy atom. The highest BCUT2D eigenvalue weighted by Crippen LogP contribution is 2.55. The molecule has 0 amide bonds. The van der Waals surface area contributed by atoms with Crippen LogP contribution in [0.5, 0.6) is 5.75 Å². The summed E-state index contributed by atoms with van der Waals surface area (Å²) >= 11 is 0. The molecule has 6 nitrogen and oxygen atoms in total. The molecule has 4 aromatic carbocycles. The van der Waals surface area contributed by atoms with Crippen LogP contribution >= 0.6 is 0 Å². The molecule has 1 aliphatic heterocycles. The van der Waals surface area contributed by atoms with E-state index in [2.05, 4.69) is 106 Å². The smallest absolute Gasteiger partial charge is 0.294 e. The molecule has 1 aliphatic carbocycles. The van der Waals surface area contributed by atoms with E-state index < -0.39 is 16.2 Å². The molecular formula is C39H47NO5S. The van der Waals surface area contributed by atoms with Crippen molar-refractivity contribution in [2.24, 2.45) is 0 Å². The quantitative estimate of drug-likeness (QED) is 0.199. The van der Waals surface area contributed by atoms with Crippen LogP contribution in [0.3, 0.4) is 0 Å². The van der Waals surface area contributed by atoms with Crippen molar-refractivity contribution < 1.29 is 22.8 Å². The van der Waals surface area contributed by atoms with Gasteiger partial charge >= 0.3 is 0 Å². The molecule has 0 bridgehead atoms. The van der Waals surface area contributed by atoms with Crippen LogP contribution in [0.4, 0.5) is 0 Å². The number of nitrogens with zero attached hydrogens (tertiary/aromatic N) is 1. The maximum absolute atomic E-state index is 10.8. The Bertz CT molecular complexity index is 1680. The molecule has 1 spiro atoms. The first-order chi connectivity index (χ1) is 21.8. The summed E-state index contributed by atoms with van der Waals surface area (Å²) in [5.41, 5.74) is 7.43. The van der Waals surface area contributed by atoms with Gasteiger partial charge in [-0.05, 0) is 92.1 Å². The van der Waals surface area contributed by atoms with Crippen molar-refractivity contribution in [3.63, 3.8) is 0 Å². The Balaban J connectivity index is 0.000000322. The number of rotatable bonds is 7. The number of aliphatic hydroxyl groups is 1. The lowest BCUT2D eigenvalue weighted by Crippen LogP contribution is -2.58. The number of para-hydroxylation sites is 1. The summed E-state index contributed by atoms with van der Waals surface area (Å²) in [6.45, 7) is 10.1. The molecular weight excluding hydrogens is 594 g/mol. The summed E-state index contributed by atoms with van der Waals surface area (Å²) in [4.78, 5) is 2.46. The van der Waals surface area contributed by atoms with Gasteiger partial charge in [-0.1, -0.05) is 105 Å². The van der Waals surface area contributed by atoms with E-state index >= 15 is 0 Å². The van der Waals surface area contributed by atoms with Gasteiger partial charge in [0.05, 0.1) is 11.0 Å². The zero-order valence-electron chi connectivity index (χ0n) is 27.6. The third-order valence-corrected chi connectivity index (χ3v) is 10.5. The molecule has 244 valence electrons. The highest BCUT2D eigenvalue weighted by atomic mass is 32.2. The van der Waals surface area contributed by atoms with Gasteiger partial charge in [-0.15, -0.1) is 0 Å². The van der Waals surface area contributed by atoms with Crippen LogP contribution in [-0.2, 0) is 27.6 Å². The maximum Gasteiger partial charge on any atom is 0.294 e. The molecule has 1 saturated carbocycles. The molecule has 2 aliphatic rings. The Morgan fingerprint density at radius 3 is 2.15 bits per heavy atom. The largest absolute Gasteiger partial charge is 0.489 e. The van der Waals surface area contributed by atoms with Crippen LogP contribution in [0, 0.1) is 6.92 Å². The fourth-order valence-corrected chi connectivity index (χ4v) is 7.38. The number of aryl methyl sites for hydroxylation is 1. The summed E-state index contributed by atoms with van der Waals surface area (Å²) in [7, 11) is -1.76. The average molecular weight is 642 g/mol. The van der Waals surface area contributed by atoms with Crippen LogP contribution in [0.15, 0.2) is 102 Å². The molecule has 0 saturated heterocycles. The number of fused-ring (bicyclic) bond motifs is 4. The summed E-state index contributed by atoms with van der Waals surface area (Å²) in [6, 6.07) is 32.4. The molecule has 1 heterocycles. The highest BCUT2D eigenvalue weighted by Gasteiger charge is 2.53. The zero-order valence-corrected chi connectivity index (χ0v) is 28.4. The normalized spacial score (nSPS) is 19.5. The van der Waals surface area contributed by atoms with E-state index in [0.717, 1.165) is 42.7 Å². The van der Waals surface area contributed by atoms with E-state index in [1.165, 1.54) is 40.8 Å². The highest BCUT2D eigenvalue weighted by molar-refractivity contribution is 7.85. The van der Waals surface area contributed by atoms with Crippen LogP contribution in [0.2, 0.25) is 0 Å². The Labute approximate surface area is 274 Å². The summed E-state index contributed by atoms with van der Waals surface area (Å²) in [5.74, 6) is 1.02. The summed E-state index contributed by atoms with van der Waals surface area (Å²) in [6.07, 6.45) is 3.64. The van der Waals surface area contributed by atoms with E-state index in [9.17, 15) is 13.5 Å². The van der Waals surface area contributed by atoms with Crippen LogP contribution in [0.25, 0.3) is 0 Å². The fourth-order valence-electron chi connectivity index (χ4n) is 6.90. The predicted molar refractivity (Wildman–Crippen MR) is 184 cm³/mol. The van der Waals surface area contributed by atoms with Crippen LogP contribution in [0.1, 0.15) is 85.9 Å². The van der Waals surface area contributed by atoms with E-state index in [4.69, 9.17) is 9.29 Å². The van der Waals surface area contributed by atoms with Crippen molar-refractivity contribution >= 4 is 10.1 Å². The first-order valence-corrected chi connectivity index (χ1v) is 17.6. The van der Waals surface area contributed by atoms with E-state index in [0.29, 0.717) is 12.6 Å². The van der Waals surface area contributed by atoms with Gasteiger partial charge in [0.1, 0.15) is 12.4 Å². The predicted octanol–water partition coefficient (Wildman–Crippen LogP) is 8.01. The van der Waals surface area contributed by atoms with Gasteiger partial charge in [-0.2, -0.15) is 8.42 Å². The second-order valence-electron chi connectivity index (χ2n) is 13.8. The third-order valence-electron chi connectivity index (χ3n) is 9.63. The van der Waals surface area contributed by atoms with Crippen molar-refractivity contribution in [1.29, 1.82) is 0 Å². The summed E-state index contributed by atoms with van der Waals surface area (Å²) < 4.78 is 35.8. The van der Waals surface area contributed by atoms with Crippen molar-refractivity contribution in [3.05, 3.63) is 130 Å². The molecule has 1 fully saturated rings. The van der Waals surface area contributed by atoms with Gasteiger partial charge in [0.25, 0.3) is 10.1 Å². The monoisotopic (exact) mass is 641 g/mol. The molecule has 2 unspecified atom stereocenters. The fraction of sp³-hybridized carbons (Fsp3) is 0.385. The van der Waals surface area contributed by atoms with Gasteiger partial charge < -0.3 is 14.7 Å². The molecule has 2 N–H and O–H groups in total. The number of benzene rings is 4. The number of likely N-dealkylation sites (N-methyl/N-ethyl adjacent to an activating group) is 1. The first kappa shape index (κ1) is 33.9. The molecule has 0 aromatic heterocycles. The van der Waals surface area contributed by atoms with Crippen LogP contribution in [-0.4, -0.2) is 42.6 Å². The second-order valence-corrected chi connectivity index (χ2v) is 15.2. The Kier molecular flexibility index (Phi) is 10.1. The third kappa shape index (κ3) is 7.23. The van der Waals surface area contributed by atoms with Crippen molar-refractivity contribution in [2.75, 3.05) is 13.6 Å². The van der Waals surface area contributed by atoms with Crippen molar-refractivity contribution in [2.45, 2.75) is 87.9 Å². The summed E-state index contributed by atoms with van der Waals surface area (Å²) in [5, 5.41) is 10.8. The topological polar surface area (TPSA) is 87.1 Å².